The summed E-state index contributed by atoms with van der Waals surface area (Å²) in [6.45, 7) is 0. The molecule has 3 rings (SSSR count). The van der Waals surface area contributed by atoms with Gasteiger partial charge >= 0.3 is 0 Å². The molecule has 0 aliphatic carbocycles. The number of benzene rings is 2. The zero-order valence-electron chi connectivity index (χ0n) is 14.9. The summed E-state index contributed by atoms with van der Waals surface area (Å²) >= 11 is 1.08. The third-order valence-corrected chi connectivity index (χ3v) is 5.08. The largest absolute Gasteiger partial charge is 0.497 e. The van der Waals surface area contributed by atoms with Gasteiger partial charge in [-0.15, -0.1) is 0 Å². The molecule has 8 heteroatoms. The molecule has 1 atom stereocenters. The summed E-state index contributed by atoms with van der Waals surface area (Å²) in [4.78, 5) is 26.4. The van der Waals surface area contributed by atoms with Gasteiger partial charge in [-0.25, -0.2) is 0 Å². The number of amidine groups is 1. The van der Waals surface area contributed by atoms with Crippen LogP contribution in [0.4, 0.5) is 11.4 Å². The number of amides is 2. The molecular formula is C19H19N3O4S. The van der Waals surface area contributed by atoms with E-state index in [-0.39, 0.29) is 23.4 Å². The third kappa shape index (κ3) is 4.06. The number of hydrogen-bond donors (Lipinski definition) is 2. The zero-order valence-corrected chi connectivity index (χ0v) is 15.7. The molecule has 0 aromatic heterocycles. The fourth-order valence-corrected chi connectivity index (χ4v) is 3.72. The standard InChI is InChI=1S/C19H19N3O4S/c1-25-13-8-9-14(15(10-13)26-2)21-17(23)11-16-18(24)22(19(20)27-16)12-6-4-3-5-7-12/h3-10,16,20H,11H2,1-2H3,(H,21,23). The first-order chi connectivity index (χ1) is 13.0. The van der Waals surface area contributed by atoms with Crippen LogP contribution in [-0.4, -0.2) is 36.5 Å². The van der Waals surface area contributed by atoms with Gasteiger partial charge in [0.25, 0.3) is 0 Å². The number of ether oxygens (including phenoxy) is 2. The summed E-state index contributed by atoms with van der Waals surface area (Å²) in [6, 6.07) is 14.0. The van der Waals surface area contributed by atoms with Crippen molar-refractivity contribution in [1.29, 1.82) is 5.41 Å². The molecule has 27 heavy (non-hydrogen) atoms. The van der Waals surface area contributed by atoms with Gasteiger partial charge in [-0.3, -0.25) is 19.9 Å². The molecule has 140 valence electrons. The molecule has 1 fully saturated rings. The minimum absolute atomic E-state index is 0.0373. The van der Waals surface area contributed by atoms with E-state index >= 15 is 0 Å². The van der Waals surface area contributed by atoms with Crippen molar-refractivity contribution in [1.82, 2.24) is 0 Å². The van der Waals surface area contributed by atoms with Crippen LogP contribution in [0.25, 0.3) is 0 Å². The smallest absolute Gasteiger partial charge is 0.247 e. The molecule has 2 aromatic rings. The predicted molar refractivity (Wildman–Crippen MR) is 106 cm³/mol. The highest BCUT2D eigenvalue weighted by atomic mass is 32.2. The van der Waals surface area contributed by atoms with Crippen molar-refractivity contribution in [3.63, 3.8) is 0 Å². The Kier molecular flexibility index (Phi) is 5.66. The number of rotatable bonds is 6. The summed E-state index contributed by atoms with van der Waals surface area (Å²) in [7, 11) is 3.04. The predicted octanol–water partition coefficient (Wildman–Crippen LogP) is 3.12. The summed E-state index contributed by atoms with van der Waals surface area (Å²) in [5.41, 5.74) is 1.12. The molecule has 1 saturated heterocycles. The molecule has 1 heterocycles. The Bertz CT molecular complexity index is 873. The van der Waals surface area contributed by atoms with E-state index in [4.69, 9.17) is 14.9 Å². The van der Waals surface area contributed by atoms with E-state index < -0.39 is 5.25 Å². The fourth-order valence-electron chi connectivity index (χ4n) is 2.70. The Morgan fingerprint density at radius 3 is 2.59 bits per heavy atom. The van der Waals surface area contributed by atoms with Crippen molar-refractivity contribution >= 4 is 40.1 Å². The Hall–Kier alpha value is -3.00. The number of nitrogens with zero attached hydrogens (tertiary/aromatic N) is 1. The average Bonchev–Trinajstić information content (AvgIpc) is 2.95. The molecular weight excluding hydrogens is 366 g/mol. The molecule has 0 radical (unpaired) electrons. The second kappa shape index (κ2) is 8.13. The highest BCUT2D eigenvalue weighted by molar-refractivity contribution is 8.16. The van der Waals surface area contributed by atoms with Gasteiger partial charge in [0.05, 0.1) is 25.6 Å². The van der Waals surface area contributed by atoms with Gasteiger partial charge < -0.3 is 14.8 Å². The molecule has 2 amide bonds. The highest BCUT2D eigenvalue weighted by Crippen LogP contribution is 2.34. The molecule has 0 spiro atoms. The van der Waals surface area contributed by atoms with E-state index in [1.807, 2.05) is 6.07 Å². The number of para-hydroxylation sites is 1. The minimum atomic E-state index is -0.637. The van der Waals surface area contributed by atoms with Crippen molar-refractivity contribution in [3.05, 3.63) is 48.5 Å². The molecule has 2 N–H and O–H groups in total. The van der Waals surface area contributed by atoms with E-state index in [1.165, 1.54) is 12.0 Å². The molecule has 0 bridgehead atoms. The third-order valence-electron chi connectivity index (χ3n) is 4.02. The fraction of sp³-hybridized carbons (Fsp3) is 0.211. The SMILES string of the molecule is COc1ccc(NC(=O)CC2SC(=N)N(c3ccccc3)C2=O)c(OC)c1. The number of thioether (sulfide) groups is 1. The second-order valence-electron chi connectivity index (χ2n) is 5.74. The van der Waals surface area contributed by atoms with E-state index in [1.54, 1.807) is 49.6 Å². The van der Waals surface area contributed by atoms with Crippen LogP contribution in [0.1, 0.15) is 6.42 Å². The summed E-state index contributed by atoms with van der Waals surface area (Å²) in [5, 5.41) is 10.3. The Balaban J connectivity index is 1.68. The zero-order chi connectivity index (χ0) is 19.4. The number of carbonyl (C=O) groups excluding carboxylic acids is 2. The number of methoxy groups -OCH3 is 2. The minimum Gasteiger partial charge on any atom is -0.497 e. The van der Waals surface area contributed by atoms with E-state index in [0.29, 0.717) is 22.9 Å². The number of hydrogen-bond acceptors (Lipinski definition) is 6. The van der Waals surface area contributed by atoms with Crippen molar-refractivity contribution in [2.75, 3.05) is 24.4 Å². The van der Waals surface area contributed by atoms with Gasteiger partial charge in [0.15, 0.2) is 5.17 Å². The van der Waals surface area contributed by atoms with Crippen molar-refractivity contribution in [2.24, 2.45) is 0 Å². The lowest BCUT2D eigenvalue weighted by Gasteiger charge is -2.15. The van der Waals surface area contributed by atoms with Gasteiger partial charge in [-0.05, 0) is 24.3 Å². The maximum atomic E-state index is 12.7. The summed E-state index contributed by atoms with van der Waals surface area (Å²) < 4.78 is 10.4. The number of carbonyl (C=O) groups is 2. The lowest BCUT2D eigenvalue weighted by molar-refractivity contribution is -0.121. The van der Waals surface area contributed by atoms with Crippen molar-refractivity contribution in [3.8, 4) is 11.5 Å². The van der Waals surface area contributed by atoms with Crippen LogP contribution in [0.2, 0.25) is 0 Å². The van der Waals surface area contributed by atoms with Crippen LogP contribution in [0.3, 0.4) is 0 Å². The van der Waals surface area contributed by atoms with Crippen LogP contribution in [0, 0.1) is 5.41 Å². The van der Waals surface area contributed by atoms with Gasteiger partial charge in [-0.2, -0.15) is 0 Å². The number of nitrogens with one attached hydrogen (secondary N) is 2. The molecule has 0 saturated carbocycles. The first-order valence-electron chi connectivity index (χ1n) is 8.19. The van der Waals surface area contributed by atoms with Gasteiger partial charge in [0.1, 0.15) is 16.7 Å². The molecule has 1 unspecified atom stereocenters. The first kappa shape index (κ1) is 18.8. The summed E-state index contributed by atoms with van der Waals surface area (Å²) in [6.07, 6.45) is -0.0373. The van der Waals surface area contributed by atoms with Crippen LogP contribution in [0.15, 0.2) is 48.5 Å². The second-order valence-corrected chi connectivity index (χ2v) is 6.93. The maximum Gasteiger partial charge on any atom is 0.247 e. The quantitative estimate of drug-likeness (QED) is 0.797. The van der Waals surface area contributed by atoms with E-state index in [2.05, 4.69) is 5.32 Å². The monoisotopic (exact) mass is 385 g/mol. The van der Waals surface area contributed by atoms with Crippen LogP contribution >= 0.6 is 11.8 Å². The number of anilines is 2. The van der Waals surface area contributed by atoms with Crippen LogP contribution in [-0.2, 0) is 9.59 Å². The van der Waals surface area contributed by atoms with Gasteiger partial charge in [-0.1, -0.05) is 30.0 Å². The van der Waals surface area contributed by atoms with Crippen LogP contribution < -0.4 is 19.7 Å². The highest BCUT2D eigenvalue weighted by Gasteiger charge is 2.39. The first-order valence-corrected chi connectivity index (χ1v) is 9.07. The Labute approximate surface area is 161 Å². The molecule has 7 nitrogen and oxygen atoms in total. The van der Waals surface area contributed by atoms with Crippen molar-refractivity contribution < 1.29 is 19.1 Å². The van der Waals surface area contributed by atoms with Gasteiger partial charge in [0, 0.05) is 12.5 Å². The van der Waals surface area contributed by atoms with Gasteiger partial charge in [0.2, 0.25) is 11.8 Å². The molecule has 2 aromatic carbocycles. The van der Waals surface area contributed by atoms with Crippen LogP contribution in [0.5, 0.6) is 11.5 Å². The average molecular weight is 385 g/mol. The summed E-state index contributed by atoms with van der Waals surface area (Å²) in [5.74, 6) is 0.477. The lowest BCUT2D eigenvalue weighted by Crippen LogP contribution is -2.33. The normalized spacial score (nSPS) is 16.4. The van der Waals surface area contributed by atoms with E-state index in [0.717, 1.165) is 11.8 Å². The lowest BCUT2D eigenvalue weighted by atomic mass is 10.2. The van der Waals surface area contributed by atoms with E-state index in [9.17, 15) is 9.59 Å². The molecule has 1 aliphatic rings. The Morgan fingerprint density at radius 1 is 1.19 bits per heavy atom. The topological polar surface area (TPSA) is 91.7 Å². The van der Waals surface area contributed by atoms with Crippen molar-refractivity contribution in [2.45, 2.75) is 11.7 Å². The Morgan fingerprint density at radius 2 is 1.93 bits per heavy atom. The maximum absolute atomic E-state index is 12.7. The molecule has 1 aliphatic heterocycles.